The minimum absolute atomic E-state index is 0.503. The molecule has 0 unspecified atom stereocenters. The van der Waals surface area contributed by atoms with Gasteiger partial charge in [0.15, 0.2) is 0 Å². The van der Waals surface area contributed by atoms with Gasteiger partial charge in [-0.1, -0.05) is 0 Å². The first-order valence-electron chi connectivity index (χ1n) is 2.42. The first-order chi connectivity index (χ1) is 3.93. The standard InChI is InChI=1S/C6H6N2/c7-3-1-6-2-4-8-5-6/h2,4-5,8H,1H2. The third-order valence-corrected chi connectivity index (χ3v) is 0.946. The van der Waals surface area contributed by atoms with Crippen molar-refractivity contribution in [2.24, 2.45) is 0 Å². The van der Waals surface area contributed by atoms with Crippen LogP contribution >= 0.6 is 0 Å². The predicted molar refractivity (Wildman–Crippen MR) is 30.1 cm³/mol. The van der Waals surface area contributed by atoms with Crippen LogP contribution in [0.25, 0.3) is 0 Å². The molecule has 0 radical (unpaired) electrons. The summed E-state index contributed by atoms with van der Waals surface area (Å²) in [6, 6.07) is 3.94. The summed E-state index contributed by atoms with van der Waals surface area (Å²) in [6.07, 6.45) is 4.14. The van der Waals surface area contributed by atoms with Gasteiger partial charge in [0.25, 0.3) is 0 Å². The van der Waals surface area contributed by atoms with Crippen LogP contribution in [-0.4, -0.2) is 4.98 Å². The van der Waals surface area contributed by atoms with Gasteiger partial charge in [0, 0.05) is 12.4 Å². The highest BCUT2D eigenvalue weighted by atomic mass is 14.6. The molecule has 0 amide bonds. The van der Waals surface area contributed by atoms with Crippen molar-refractivity contribution >= 4 is 0 Å². The van der Waals surface area contributed by atoms with Crippen LogP contribution in [-0.2, 0) is 6.42 Å². The lowest BCUT2D eigenvalue weighted by Crippen LogP contribution is -1.71. The summed E-state index contributed by atoms with van der Waals surface area (Å²) < 4.78 is 0. The van der Waals surface area contributed by atoms with Gasteiger partial charge in [-0.25, -0.2) is 0 Å². The molecule has 1 N–H and O–H groups in total. The summed E-state index contributed by atoms with van der Waals surface area (Å²) >= 11 is 0. The Labute approximate surface area is 47.8 Å². The van der Waals surface area contributed by atoms with Gasteiger partial charge in [-0.3, -0.25) is 0 Å². The van der Waals surface area contributed by atoms with Crippen molar-refractivity contribution in [3.8, 4) is 6.07 Å². The van der Waals surface area contributed by atoms with E-state index in [9.17, 15) is 0 Å². The van der Waals surface area contributed by atoms with Gasteiger partial charge in [0.1, 0.15) is 0 Å². The summed E-state index contributed by atoms with van der Waals surface area (Å²) in [5.41, 5.74) is 1.05. The summed E-state index contributed by atoms with van der Waals surface area (Å²) in [4.78, 5) is 2.86. The summed E-state index contributed by atoms with van der Waals surface area (Å²) in [7, 11) is 0. The maximum Gasteiger partial charge on any atom is 0.0670 e. The maximum absolute atomic E-state index is 8.17. The summed E-state index contributed by atoms with van der Waals surface area (Å²) in [5, 5.41) is 8.17. The third kappa shape index (κ3) is 0.881. The van der Waals surface area contributed by atoms with Crippen molar-refractivity contribution in [3.63, 3.8) is 0 Å². The average molecular weight is 106 g/mol. The second-order valence-electron chi connectivity index (χ2n) is 1.55. The minimum atomic E-state index is 0.503. The highest BCUT2D eigenvalue weighted by Gasteiger charge is 1.85. The van der Waals surface area contributed by atoms with Crippen molar-refractivity contribution in [2.75, 3.05) is 0 Å². The fourth-order valence-corrected chi connectivity index (χ4v) is 0.560. The molecule has 2 nitrogen and oxygen atoms in total. The van der Waals surface area contributed by atoms with E-state index in [-0.39, 0.29) is 0 Å². The number of rotatable bonds is 1. The van der Waals surface area contributed by atoms with Crippen molar-refractivity contribution in [3.05, 3.63) is 24.0 Å². The molecule has 1 aromatic heterocycles. The fraction of sp³-hybridized carbons (Fsp3) is 0.167. The molecular formula is C6H6N2. The monoisotopic (exact) mass is 106 g/mol. The minimum Gasteiger partial charge on any atom is -0.367 e. The number of hydrogen-bond donors (Lipinski definition) is 1. The van der Waals surface area contributed by atoms with Crippen molar-refractivity contribution < 1.29 is 0 Å². The topological polar surface area (TPSA) is 39.6 Å². The lowest BCUT2D eigenvalue weighted by Gasteiger charge is -1.76. The van der Waals surface area contributed by atoms with Gasteiger partial charge >= 0.3 is 0 Å². The highest BCUT2D eigenvalue weighted by molar-refractivity contribution is 5.12. The molecule has 0 saturated carbocycles. The van der Waals surface area contributed by atoms with Crippen LogP contribution in [0.1, 0.15) is 5.56 Å². The van der Waals surface area contributed by atoms with Crippen LogP contribution in [0.3, 0.4) is 0 Å². The molecule has 40 valence electrons. The Morgan fingerprint density at radius 1 is 1.75 bits per heavy atom. The number of nitriles is 1. The van der Waals surface area contributed by atoms with Crippen LogP contribution in [0.5, 0.6) is 0 Å². The van der Waals surface area contributed by atoms with Gasteiger partial charge in [-0.15, -0.1) is 0 Å². The molecule has 0 aliphatic heterocycles. The molecule has 1 heterocycles. The van der Waals surface area contributed by atoms with Gasteiger partial charge in [-0.05, 0) is 11.6 Å². The Morgan fingerprint density at radius 3 is 3.12 bits per heavy atom. The first-order valence-corrected chi connectivity index (χ1v) is 2.42. The van der Waals surface area contributed by atoms with E-state index in [1.807, 2.05) is 18.5 Å². The van der Waals surface area contributed by atoms with Gasteiger partial charge in [0.05, 0.1) is 12.5 Å². The highest BCUT2D eigenvalue weighted by Crippen LogP contribution is 1.94. The quantitative estimate of drug-likeness (QED) is 0.571. The Kier molecular flexibility index (Phi) is 1.34. The molecule has 1 rings (SSSR count). The summed E-state index contributed by atoms with van der Waals surface area (Å²) in [6.45, 7) is 0. The Bertz CT molecular complexity index is 181. The summed E-state index contributed by atoms with van der Waals surface area (Å²) in [5.74, 6) is 0. The average Bonchev–Trinajstić information content (AvgIpc) is 2.19. The predicted octanol–water partition coefficient (Wildman–Crippen LogP) is 1.08. The van der Waals surface area contributed by atoms with Crippen molar-refractivity contribution in [1.29, 1.82) is 5.26 Å². The number of aromatic amines is 1. The second-order valence-corrected chi connectivity index (χ2v) is 1.55. The molecule has 0 fully saturated rings. The van der Waals surface area contributed by atoms with Crippen LogP contribution < -0.4 is 0 Å². The van der Waals surface area contributed by atoms with E-state index in [0.717, 1.165) is 5.56 Å². The molecule has 0 bridgehead atoms. The molecule has 0 aromatic carbocycles. The van der Waals surface area contributed by atoms with Gasteiger partial charge < -0.3 is 4.98 Å². The lowest BCUT2D eigenvalue weighted by molar-refractivity contribution is 1.26. The molecule has 0 aliphatic carbocycles. The molecule has 0 atom stereocenters. The largest absolute Gasteiger partial charge is 0.367 e. The Hall–Kier alpha value is -1.23. The SMILES string of the molecule is N#CCc1cc[nH]c1. The lowest BCUT2D eigenvalue weighted by atomic mass is 10.3. The van der Waals surface area contributed by atoms with Crippen LogP contribution in [0.4, 0.5) is 0 Å². The third-order valence-electron chi connectivity index (χ3n) is 0.946. The number of H-pyrrole nitrogens is 1. The van der Waals surface area contributed by atoms with E-state index in [1.165, 1.54) is 0 Å². The molecule has 2 heteroatoms. The van der Waals surface area contributed by atoms with E-state index >= 15 is 0 Å². The van der Waals surface area contributed by atoms with Crippen molar-refractivity contribution in [2.45, 2.75) is 6.42 Å². The second kappa shape index (κ2) is 2.17. The van der Waals surface area contributed by atoms with E-state index in [1.54, 1.807) is 0 Å². The number of aromatic nitrogens is 1. The number of nitrogens with zero attached hydrogens (tertiary/aromatic N) is 1. The smallest absolute Gasteiger partial charge is 0.0670 e. The molecule has 1 aromatic rings. The zero-order valence-corrected chi connectivity index (χ0v) is 4.39. The van der Waals surface area contributed by atoms with E-state index < -0.39 is 0 Å². The number of nitrogens with one attached hydrogen (secondary N) is 1. The van der Waals surface area contributed by atoms with Crippen LogP contribution in [0.15, 0.2) is 18.5 Å². The van der Waals surface area contributed by atoms with E-state index in [2.05, 4.69) is 11.1 Å². The van der Waals surface area contributed by atoms with E-state index in [0.29, 0.717) is 6.42 Å². The van der Waals surface area contributed by atoms with E-state index in [4.69, 9.17) is 5.26 Å². The van der Waals surface area contributed by atoms with Gasteiger partial charge in [0.2, 0.25) is 0 Å². The molecule has 0 aliphatic rings. The van der Waals surface area contributed by atoms with Crippen LogP contribution in [0.2, 0.25) is 0 Å². The first kappa shape index (κ1) is 4.92. The number of hydrogen-bond acceptors (Lipinski definition) is 1. The molecule has 0 saturated heterocycles. The molecule has 8 heavy (non-hydrogen) atoms. The maximum atomic E-state index is 8.17. The van der Waals surface area contributed by atoms with Crippen LogP contribution in [0, 0.1) is 11.3 Å². The zero-order chi connectivity index (χ0) is 5.82. The zero-order valence-electron chi connectivity index (χ0n) is 4.39. The Morgan fingerprint density at radius 2 is 2.62 bits per heavy atom. The van der Waals surface area contributed by atoms with Crippen molar-refractivity contribution in [1.82, 2.24) is 4.98 Å². The molecule has 0 spiro atoms. The molecular weight excluding hydrogens is 100 g/mol. The van der Waals surface area contributed by atoms with Gasteiger partial charge in [-0.2, -0.15) is 5.26 Å². The fourth-order valence-electron chi connectivity index (χ4n) is 0.560. The normalized spacial score (nSPS) is 8.38. The Balaban J connectivity index is 2.67.